The molecule has 0 N–H and O–H groups in total. The van der Waals surface area contributed by atoms with Gasteiger partial charge in [-0.2, -0.15) is 0 Å². The van der Waals surface area contributed by atoms with E-state index >= 15 is 0 Å². The molecule has 0 aliphatic carbocycles. The molecule has 2 aromatic rings. The van der Waals surface area contributed by atoms with Gasteiger partial charge in [0.15, 0.2) is 0 Å². The van der Waals surface area contributed by atoms with E-state index in [1.807, 2.05) is 18.2 Å². The number of halogens is 1. The number of nitrogens with zero attached hydrogens (tertiary/aromatic N) is 2. The summed E-state index contributed by atoms with van der Waals surface area (Å²) in [5.74, 6) is 0. The van der Waals surface area contributed by atoms with Gasteiger partial charge in [-0.3, -0.25) is 9.80 Å². The van der Waals surface area contributed by atoms with Crippen LogP contribution >= 0.6 is 11.6 Å². The molecule has 0 aromatic heterocycles. The first-order valence-electron chi connectivity index (χ1n) is 10.4. The highest BCUT2D eigenvalue weighted by molar-refractivity contribution is 6.30. The number of benzene rings is 2. The number of allylic oxidation sites excluding steroid dienone is 2. The zero-order valence-electron chi connectivity index (χ0n) is 16.9. The van der Waals surface area contributed by atoms with Gasteiger partial charge in [0.05, 0.1) is 6.04 Å². The first-order valence-corrected chi connectivity index (χ1v) is 10.8. The summed E-state index contributed by atoms with van der Waals surface area (Å²) in [4.78, 5) is 5.23. The van der Waals surface area contributed by atoms with Gasteiger partial charge >= 0.3 is 0 Å². The molecule has 1 atom stereocenters. The summed E-state index contributed by atoms with van der Waals surface area (Å²) in [6.45, 7) is 12.2. The van der Waals surface area contributed by atoms with Crippen LogP contribution in [0, 0.1) is 0 Å². The first kappa shape index (κ1) is 20.2. The van der Waals surface area contributed by atoms with Crippen LogP contribution in [-0.2, 0) is 13.1 Å². The van der Waals surface area contributed by atoms with Gasteiger partial charge in [-0.25, -0.2) is 0 Å². The minimum atomic E-state index is 0.238. The van der Waals surface area contributed by atoms with Gasteiger partial charge in [0.2, 0.25) is 0 Å². The van der Waals surface area contributed by atoms with Gasteiger partial charge in [0.1, 0.15) is 0 Å². The summed E-state index contributed by atoms with van der Waals surface area (Å²) >= 11 is 6.19. The van der Waals surface area contributed by atoms with Crippen molar-refractivity contribution in [2.45, 2.75) is 38.0 Å². The van der Waals surface area contributed by atoms with Gasteiger partial charge in [0, 0.05) is 37.2 Å². The van der Waals surface area contributed by atoms with Crippen LogP contribution in [0.4, 0.5) is 0 Å². The lowest BCUT2D eigenvalue weighted by atomic mass is 9.93. The molecular formula is C26H29ClN2. The van der Waals surface area contributed by atoms with E-state index < -0.39 is 0 Å². The zero-order chi connectivity index (χ0) is 20.2. The summed E-state index contributed by atoms with van der Waals surface area (Å²) in [5.41, 5.74) is 5.36. The van der Waals surface area contributed by atoms with Crippen molar-refractivity contribution in [2.24, 2.45) is 0 Å². The van der Waals surface area contributed by atoms with Crippen molar-refractivity contribution < 1.29 is 0 Å². The van der Waals surface area contributed by atoms with Gasteiger partial charge in [0.25, 0.3) is 0 Å². The third-order valence-electron chi connectivity index (χ3n) is 6.27. The highest BCUT2D eigenvalue weighted by Crippen LogP contribution is 2.35. The van der Waals surface area contributed by atoms with Crippen LogP contribution < -0.4 is 0 Å². The monoisotopic (exact) mass is 404 g/mol. The average molecular weight is 405 g/mol. The summed E-state index contributed by atoms with van der Waals surface area (Å²) in [5, 5.41) is 0.845. The maximum Gasteiger partial charge on any atom is 0.0601 e. The minimum absolute atomic E-state index is 0.238. The molecule has 2 aliphatic rings. The van der Waals surface area contributed by atoms with Crippen molar-refractivity contribution in [1.29, 1.82) is 0 Å². The highest BCUT2D eigenvalue weighted by atomic mass is 35.5. The SMILES string of the molecule is C=C/C=C(\C=C)C(c1ccccc1)N1CCC(N2Cc3ccc(Cl)cc3C2)CC1. The second kappa shape index (κ2) is 9.13. The molecule has 0 spiro atoms. The molecule has 3 heteroatoms. The summed E-state index contributed by atoms with van der Waals surface area (Å²) < 4.78 is 0. The molecule has 2 heterocycles. The molecule has 1 unspecified atom stereocenters. The van der Waals surface area contributed by atoms with Crippen LogP contribution in [0.3, 0.4) is 0 Å². The molecule has 150 valence electrons. The minimum Gasteiger partial charge on any atom is -0.292 e. The Hall–Kier alpha value is -2.13. The van der Waals surface area contributed by atoms with Gasteiger partial charge in [-0.1, -0.05) is 79.4 Å². The van der Waals surface area contributed by atoms with Crippen LogP contribution in [0.25, 0.3) is 0 Å². The van der Waals surface area contributed by atoms with Crippen molar-refractivity contribution >= 4 is 11.6 Å². The van der Waals surface area contributed by atoms with E-state index in [0.717, 1.165) is 31.2 Å². The fraction of sp³-hybridized carbons (Fsp3) is 0.308. The number of likely N-dealkylation sites (tertiary alicyclic amines) is 1. The maximum absolute atomic E-state index is 6.19. The Bertz CT molecular complexity index is 894. The zero-order valence-corrected chi connectivity index (χ0v) is 17.7. The molecule has 2 aliphatic heterocycles. The number of rotatable bonds is 6. The Kier molecular flexibility index (Phi) is 6.34. The molecule has 0 amide bonds. The molecule has 4 rings (SSSR count). The van der Waals surface area contributed by atoms with Crippen LogP contribution in [0.15, 0.2) is 85.5 Å². The lowest BCUT2D eigenvalue weighted by Gasteiger charge is -2.41. The Morgan fingerprint density at radius 2 is 1.72 bits per heavy atom. The third kappa shape index (κ3) is 4.40. The predicted octanol–water partition coefficient (Wildman–Crippen LogP) is 6.16. The molecule has 2 nitrogen and oxygen atoms in total. The molecule has 29 heavy (non-hydrogen) atoms. The third-order valence-corrected chi connectivity index (χ3v) is 6.51. The average Bonchev–Trinajstić information content (AvgIpc) is 3.18. The Morgan fingerprint density at radius 3 is 2.41 bits per heavy atom. The molecule has 0 radical (unpaired) electrons. The molecule has 1 saturated heterocycles. The van der Waals surface area contributed by atoms with E-state index in [2.05, 4.69) is 71.5 Å². The molecular weight excluding hydrogens is 376 g/mol. The fourth-order valence-electron chi connectivity index (χ4n) is 4.81. The second-order valence-corrected chi connectivity index (χ2v) is 8.44. The van der Waals surface area contributed by atoms with Crippen LogP contribution in [0.5, 0.6) is 0 Å². The second-order valence-electron chi connectivity index (χ2n) is 8.00. The summed E-state index contributed by atoms with van der Waals surface area (Å²) in [7, 11) is 0. The van der Waals surface area contributed by atoms with E-state index in [-0.39, 0.29) is 6.04 Å². The van der Waals surface area contributed by atoms with Gasteiger partial charge in [-0.15, -0.1) is 0 Å². The van der Waals surface area contributed by atoms with E-state index in [9.17, 15) is 0 Å². The van der Waals surface area contributed by atoms with Crippen molar-refractivity contribution in [3.05, 3.63) is 107 Å². The topological polar surface area (TPSA) is 6.48 Å². The standard InChI is InChI=1S/C26H29ClN2/c1-3-8-20(4-2)26(21-9-6-5-7-10-21)28-15-13-25(14-16-28)29-18-22-11-12-24(27)17-23(22)19-29/h3-12,17,25-26H,1-2,13-16,18-19H2/b20-8+. The quantitative estimate of drug-likeness (QED) is 0.532. The molecule has 2 aromatic carbocycles. The first-order chi connectivity index (χ1) is 14.2. The highest BCUT2D eigenvalue weighted by Gasteiger charge is 2.32. The van der Waals surface area contributed by atoms with E-state index in [1.165, 1.54) is 35.1 Å². The van der Waals surface area contributed by atoms with Crippen molar-refractivity contribution in [3.8, 4) is 0 Å². The van der Waals surface area contributed by atoms with Gasteiger partial charge in [-0.05, 0) is 47.2 Å². The maximum atomic E-state index is 6.19. The normalized spacial score (nSPS) is 19.7. The number of hydrogen-bond acceptors (Lipinski definition) is 2. The van der Waals surface area contributed by atoms with Crippen LogP contribution in [0.1, 0.15) is 35.6 Å². The smallest absolute Gasteiger partial charge is 0.0601 e. The Morgan fingerprint density at radius 1 is 1.00 bits per heavy atom. The van der Waals surface area contributed by atoms with Crippen LogP contribution in [-0.4, -0.2) is 28.9 Å². The largest absolute Gasteiger partial charge is 0.292 e. The van der Waals surface area contributed by atoms with Crippen LogP contribution in [0.2, 0.25) is 5.02 Å². The van der Waals surface area contributed by atoms with E-state index in [1.54, 1.807) is 0 Å². The number of piperidine rings is 1. The van der Waals surface area contributed by atoms with E-state index in [4.69, 9.17) is 11.6 Å². The molecule has 0 bridgehead atoms. The van der Waals surface area contributed by atoms with Crippen molar-refractivity contribution in [2.75, 3.05) is 13.1 Å². The Balaban J connectivity index is 1.46. The predicted molar refractivity (Wildman–Crippen MR) is 123 cm³/mol. The number of fused-ring (bicyclic) bond motifs is 1. The summed E-state index contributed by atoms with van der Waals surface area (Å²) in [6, 6.07) is 18.0. The lowest BCUT2D eigenvalue weighted by Crippen LogP contribution is -2.44. The molecule has 0 saturated carbocycles. The van der Waals surface area contributed by atoms with Crippen molar-refractivity contribution in [3.63, 3.8) is 0 Å². The van der Waals surface area contributed by atoms with E-state index in [0.29, 0.717) is 6.04 Å². The Labute approximate surface area is 179 Å². The van der Waals surface area contributed by atoms with Crippen molar-refractivity contribution in [1.82, 2.24) is 9.80 Å². The summed E-state index contributed by atoms with van der Waals surface area (Å²) in [6.07, 6.45) is 8.31. The number of hydrogen-bond donors (Lipinski definition) is 0. The van der Waals surface area contributed by atoms with Gasteiger partial charge < -0.3 is 0 Å². The lowest BCUT2D eigenvalue weighted by molar-refractivity contribution is 0.0910. The fourth-order valence-corrected chi connectivity index (χ4v) is 5.01. The molecule has 1 fully saturated rings.